The Morgan fingerprint density at radius 1 is 0.900 bits per heavy atom. The smallest absolute Gasteiger partial charge is 0.328 e. The van der Waals surface area contributed by atoms with Crippen LogP contribution in [-0.4, -0.2) is 47.7 Å². The van der Waals surface area contributed by atoms with Crippen molar-refractivity contribution in [1.29, 1.82) is 0 Å². The average Bonchev–Trinajstić information content (AvgIpc) is 2.66. The lowest BCUT2D eigenvalue weighted by molar-refractivity contribution is -0.140. The zero-order valence-electron chi connectivity index (χ0n) is 17.8. The number of rotatable bonds is 9. The van der Waals surface area contributed by atoms with E-state index in [4.69, 9.17) is 19.7 Å². The number of carboxylic acid groups (broad SMARTS) is 2. The van der Waals surface area contributed by atoms with Crippen molar-refractivity contribution in [2.45, 2.75) is 34.1 Å². The molecule has 0 saturated carbocycles. The first kappa shape index (κ1) is 26.8. The van der Waals surface area contributed by atoms with E-state index in [1.54, 1.807) is 39.8 Å². The van der Waals surface area contributed by atoms with Gasteiger partial charge in [-0.15, -0.1) is 0 Å². The molecule has 166 valence electrons. The highest BCUT2D eigenvalue weighted by Crippen LogP contribution is 2.30. The number of esters is 2. The van der Waals surface area contributed by atoms with Gasteiger partial charge in [0.1, 0.15) is 0 Å². The summed E-state index contributed by atoms with van der Waals surface area (Å²) in [5.74, 6) is -3.16. The molecule has 0 atom stereocenters. The first-order chi connectivity index (χ1) is 14.0. The molecule has 30 heavy (non-hydrogen) atoms. The van der Waals surface area contributed by atoms with Crippen molar-refractivity contribution in [3.8, 4) is 11.5 Å². The van der Waals surface area contributed by atoms with Crippen LogP contribution in [0.3, 0.4) is 0 Å². The monoisotopic (exact) mass is 423 g/mol. The molecule has 0 aromatic heterocycles. The average molecular weight is 423 g/mol. The van der Waals surface area contributed by atoms with Crippen LogP contribution in [0.15, 0.2) is 30.4 Å². The molecule has 1 aromatic carbocycles. The summed E-state index contributed by atoms with van der Waals surface area (Å²) >= 11 is 0. The fourth-order valence-corrected chi connectivity index (χ4v) is 1.74. The Balaban J connectivity index is 0.000000890. The van der Waals surface area contributed by atoms with Crippen LogP contribution in [0.4, 0.5) is 0 Å². The van der Waals surface area contributed by atoms with Gasteiger partial charge in [0.25, 0.3) is 0 Å². The van der Waals surface area contributed by atoms with Crippen molar-refractivity contribution < 1.29 is 38.9 Å². The molecule has 3 N–H and O–H groups in total. The summed E-state index contributed by atoms with van der Waals surface area (Å²) < 4.78 is 10.7. The minimum absolute atomic E-state index is 0.252. The molecule has 0 aliphatic rings. The Labute approximate surface area is 175 Å². The summed E-state index contributed by atoms with van der Waals surface area (Å²) in [6.45, 7) is 7.83. The van der Waals surface area contributed by atoms with Gasteiger partial charge < -0.3 is 25.0 Å². The van der Waals surface area contributed by atoms with E-state index in [0.717, 1.165) is 18.5 Å². The molecule has 0 unspecified atom stereocenters. The summed E-state index contributed by atoms with van der Waals surface area (Å²) in [6.07, 6.45) is 1.91. The largest absolute Gasteiger partial charge is 0.478 e. The summed E-state index contributed by atoms with van der Waals surface area (Å²) in [5, 5.41) is 18.7. The van der Waals surface area contributed by atoms with Gasteiger partial charge in [0, 0.05) is 12.2 Å². The molecule has 1 rings (SSSR count). The SMILES string of the molecule is CNCCc1ccc(OC(=O)C(C)C)c(OC(=O)C(C)C)c1.O=C(O)/C=C\C(=O)O. The number of carbonyl (C=O) groups excluding carboxylic acids is 2. The number of likely N-dealkylation sites (N-methyl/N-ethyl adjacent to an activating group) is 1. The summed E-state index contributed by atoms with van der Waals surface area (Å²) in [7, 11) is 1.87. The molecule has 9 nitrogen and oxygen atoms in total. The third-order valence-corrected chi connectivity index (χ3v) is 3.40. The number of benzene rings is 1. The number of hydrogen-bond donors (Lipinski definition) is 3. The topological polar surface area (TPSA) is 139 Å². The van der Waals surface area contributed by atoms with Gasteiger partial charge >= 0.3 is 23.9 Å². The third kappa shape index (κ3) is 11.6. The van der Waals surface area contributed by atoms with Crippen molar-refractivity contribution in [3.05, 3.63) is 35.9 Å². The molecule has 9 heteroatoms. The number of ether oxygens (including phenoxy) is 2. The Morgan fingerprint density at radius 2 is 1.37 bits per heavy atom. The Kier molecular flexibility index (Phi) is 12.4. The number of nitrogens with one attached hydrogen (secondary N) is 1. The predicted molar refractivity (Wildman–Crippen MR) is 109 cm³/mol. The van der Waals surface area contributed by atoms with Crippen molar-refractivity contribution in [1.82, 2.24) is 5.32 Å². The van der Waals surface area contributed by atoms with Gasteiger partial charge in [-0.1, -0.05) is 33.8 Å². The van der Waals surface area contributed by atoms with Gasteiger partial charge in [0.2, 0.25) is 0 Å². The first-order valence-corrected chi connectivity index (χ1v) is 9.32. The van der Waals surface area contributed by atoms with E-state index in [9.17, 15) is 19.2 Å². The molecular weight excluding hydrogens is 394 g/mol. The maximum Gasteiger partial charge on any atom is 0.328 e. The molecule has 0 fully saturated rings. The van der Waals surface area contributed by atoms with E-state index in [0.29, 0.717) is 17.9 Å². The summed E-state index contributed by atoms with van der Waals surface area (Å²) in [5.41, 5.74) is 1.00. The molecule has 0 radical (unpaired) electrons. The van der Waals surface area contributed by atoms with Crippen LogP contribution in [0.1, 0.15) is 33.3 Å². The lowest BCUT2D eigenvalue weighted by Crippen LogP contribution is -2.18. The van der Waals surface area contributed by atoms with Gasteiger partial charge in [0.05, 0.1) is 11.8 Å². The number of carbonyl (C=O) groups is 4. The van der Waals surface area contributed by atoms with Crippen LogP contribution in [0.25, 0.3) is 0 Å². The number of hydrogen-bond acceptors (Lipinski definition) is 7. The van der Waals surface area contributed by atoms with Crippen LogP contribution in [0.2, 0.25) is 0 Å². The van der Waals surface area contributed by atoms with Gasteiger partial charge in [-0.2, -0.15) is 0 Å². The van der Waals surface area contributed by atoms with E-state index in [-0.39, 0.29) is 29.5 Å². The fourth-order valence-electron chi connectivity index (χ4n) is 1.74. The highest BCUT2D eigenvalue weighted by Gasteiger charge is 2.18. The normalized spacial score (nSPS) is 10.5. The molecule has 0 heterocycles. The molecule has 0 amide bonds. The van der Waals surface area contributed by atoms with E-state index < -0.39 is 11.9 Å². The van der Waals surface area contributed by atoms with Gasteiger partial charge in [-0.25, -0.2) is 9.59 Å². The second-order valence-corrected chi connectivity index (χ2v) is 6.80. The quantitative estimate of drug-likeness (QED) is 0.310. The van der Waals surface area contributed by atoms with Crippen molar-refractivity contribution in [3.63, 3.8) is 0 Å². The number of aliphatic carboxylic acids is 2. The van der Waals surface area contributed by atoms with E-state index >= 15 is 0 Å². The molecule has 0 saturated heterocycles. The maximum atomic E-state index is 11.8. The molecule has 0 bridgehead atoms. The molecule has 0 aliphatic heterocycles. The van der Waals surface area contributed by atoms with Crippen molar-refractivity contribution >= 4 is 23.9 Å². The van der Waals surface area contributed by atoms with Gasteiger partial charge in [-0.3, -0.25) is 9.59 Å². The lowest BCUT2D eigenvalue weighted by atomic mass is 10.1. The fraction of sp³-hybridized carbons (Fsp3) is 0.429. The highest BCUT2D eigenvalue weighted by molar-refractivity contribution is 5.89. The van der Waals surface area contributed by atoms with Gasteiger partial charge in [-0.05, 0) is 37.7 Å². The van der Waals surface area contributed by atoms with E-state index in [1.165, 1.54) is 0 Å². The van der Waals surface area contributed by atoms with Crippen LogP contribution in [0.5, 0.6) is 11.5 Å². The van der Waals surface area contributed by atoms with E-state index in [1.807, 2.05) is 13.1 Å². The Morgan fingerprint density at radius 3 is 1.77 bits per heavy atom. The predicted octanol–water partition coefficient (Wildman–Crippen LogP) is 2.28. The Hall–Kier alpha value is -3.20. The van der Waals surface area contributed by atoms with Gasteiger partial charge in [0.15, 0.2) is 11.5 Å². The molecular formula is C21H29NO8. The Bertz CT molecular complexity index is 752. The maximum absolute atomic E-state index is 11.8. The van der Waals surface area contributed by atoms with Crippen LogP contribution in [0, 0.1) is 11.8 Å². The standard InChI is InChI=1S/C17H25NO4.C4H4O4/c1-11(2)16(19)21-14-7-6-13(8-9-18-5)10-15(14)22-17(20)12(3)4;5-3(6)1-2-4(7)8/h6-7,10-12,18H,8-9H2,1-5H3;1-2H,(H,5,6)(H,7,8)/b;2-1-. The number of carboxylic acids is 2. The minimum Gasteiger partial charge on any atom is -0.478 e. The second-order valence-electron chi connectivity index (χ2n) is 6.80. The van der Waals surface area contributed by atoms with Crippen LogP contribution in [-0.2, 0) is 25.6 Å². The second kappa shape index (κ2) is 13.9. The van der Waals surface area contributed by atoms with Crippen molar-refractivity contribution in [2.75, 3.05) is 13.6 Å². The molecule has 0 aliphatic carbocycles. The third-order valence-electron chi connectivity index (χ3n) is 3.40. The molecule has 0 spiro atoms. The first-order valence-electron chi connectivity index (χ1n) is 9.32. The van der Waals surface area contributed by atoms with E-state index in [2.05, 4.69) is 5.32 Å². The highest BCUT2D eigenvalue weighted by atomic mass is 16.6. The zero-order valence-corrected chi connectivity index (χ0v) is 17.8. The van der Waals surface area contributed by atoms with Crippen molar-refractivity contribution in [2.24, 2.45) is 11.8 Å². The summed E-state index contributed by atoms with van der Waals surface area (Å²) in [4.78, 5) is 42.7. The molecule has 1 aromatic rings. The van der Waals surface area contributed by atoms with Crippen LogP contribution < -0.4 is 14.8 Å². The zero-order chi connectivity index (χ0) is 23.3. The minimum atomic E-state index is -1.26. The summed E-state index contributed by atoms with van der Waals surface area (Å²) in [6, 6.07) is 5.29. The lowest BCUT2D eigenvalue weighted by Gasteiger charge is -2.14. The van der Waals surface area contributed by atoms with Crippen LogP contribution >= 0.6 is 0 Å².